The third-order valence-corrected chi connectivity index (χ3v) is 5.47. The Balaban J connectivity index is 1.46. The highest BCUT2D eigenvalue weighted by Crippen LogP contribution is 2.29. The van der Waals surface area contributed by atoms with Gasteiger partial charge in [-0.3, -0.25) is 0 Å². The van der Waals surface area contributed by atoms with Crippen molar-refractivity contribution in [3.63, 3.8) is 0 Å². The monoisotopic (exact) mass is 462 g/mol. The smallest absolute Gasteiger partial charge is 0.416 e. The van der Waals surface area contributed by atoms with Crippen LogP contribution in [-0.2, 0) is 25.7 Å². The Morgan fingerprint density at radius 1 is 0.853 bits per heavy atom. The minimum Gasteiger partial charge on any atom is -0.785 e. The van der Waals surface area contributed by atoms with Gasteiger partial charge in [-0.15, -0.1) is 0 Å². The molecule has 174 valence electrons. The number of hydroxylamine groups is 2. The van der Waals surface area contributed by atoms with Gasteiger partial charge in [0, 0.05) is 24.0 Å². The Hall–Kier alpha value is -3.53. The SMILES string of the molecule is CCCc1ccc(C#Cc2coc3ccc(CN([O-])Cc4ccc(C(F)(F)F)cc4)cc23)cc1. The number of benzene rings is 3. The highest BCUT2D eigenvalue weighted by Gasteiger charge is 2.29. The van der Waals surface area contributed by atoms with Crippen LogP contribution in [0.1, 0.15) is 46.7 Å². The van der Waals surface area contributed by atoms with Crippen LogP contribution in [0.5, 0.6) is 0 Å². The third kappa shape index (κ3) is 5.88. The summed E-state index contributed by atoms with van der Waals surface area (Å²) in [6, 6.07) is 18.3. The summed E-state index contributed by atoms with van der Waals surface area (Å²) in [5.74, 6) is 6.30. The quantitative estimate of drug-likeness (QED) is 0.223. The molecule has 4 aromatic rings. The van der Waals surface area contributed by atoms with E-state index in [1.54, 1.807) is 18.4 Å². The lowest BCUT2D eigenvalue weighted by atomic mass is 10.1. The molecule has 3 nitrogen and oxygen atoms in total. The lowest BCUT2D eigenvalue weighted by Gasteiger charge is -2.28. The molecule has 0 unspecified atom stereocenters. The Morgan fingerprint density at radius 3 is 2.18 bits per heavy atom. The molecule has 3 aromatic carbocycles. The van der Waals surface area contributed by atoms with Crippen LogP contribution in [0.3, 0.4) is 0 Å². The van der Waals surface area contributed by atoms with Gasteiger partial charge in [-0.2, -0.15) is 13.2 Å². The molecule has 0 bridgehead atoms. The van der Waals surface area contributed by atoms with Crippen LogP contribution in [-0.4, -0.2) is 5.06 Å². The number of rotatable bonds is 6. The number of hydrogen-bond acceptors (Lipinski definition) is 3. The maximum Gasteiger partial charge on any atom is 0.416 e. The third-order valence-electron chi connectivity index (χ3n) is 5.47. The Morgan fingerprint density at radius 2 is 1.50 bits per heavy atom. The summed E-state index contributed by atoms with van der Waals surface area (Å²) in [7, 11) is 0. The molecule has 0 aliphatic rings. The number of halogens is 3. The lowest BCUT2D eigenvalue weighted by Crippen LogP contribution is -2.15. The van der Waals surface area contributed by atoms with Gasteiger partial charge in [0.05, 0.1) is 11.1 Å². The van der Waals surface area contributed by atoms with Crippen molar-refractivity contribution in [3.8, 4) is 11.8 Å². The molecule has 0 fully saturated rings. The van der Waals surface area contributed by atoms with E-state index in [0.29, 0.717) is 11.1 Å². The summed E-state index contributed by atoms with van der Waals surface area (Å²) >= 11 is 0. The number of nitrogens with zero attached hydrogens (tertiary/aromatic N) is 1. The summed E-state index contributed by atoms with van der Waals surface area (Å²) < 4.78 is 43.7. The van der Waals surface area contributed by atoms with E-state index in [9.17, 15) is 18.4 Å². The van der Waals surface area contributed by atoms with Crippen molar-refractivity contribution in [1.29, 1.82) is 0 Å². The second kappa shape index (κ2) is 10.2. The molecule has 0 N–H and O–H groups in total. The molecule has 0 aliphatic carbocycles. The first-order valence-corrected chi connectivity index (χ1v) is 11.0. The summed E-state index contributed by atoms with van der Waals surface area (Å²) in [6.45, 7) is 2.23. The van der Waals surface area contributed by atoms with Crippen molar-refractivity contribution in [1.82, 2.24) is 5.06 Å². The molecule has 4 rings (SSSR count). The summed E-state index contributed by atoms with van der Waals surface area (Å²) in [5, 5.41) is 14.1. The van der Waals surface area contributed by atoms with E-state index in [-0.39, 0.29) is 13.1 Å². The summed E-state index contributed by atoms with van der Waals surface area (Å²) in [5.41, 5.74) is 4.15. The van der Waals surface area contributed by atoms with E-state index in [0.717, 1.165) is 52.1 Å². The largest absolute Gasteiger partial charge is 0.785 e. The van der Waals surface area contributed by atoms with Gasteiger partial charge in [0.2, 0.25) is 0 Å². The van der Waals surface area contributed by atoms with Gasteiger partial charge in [0.1, 0.15) is 11.8 Å². The molecule has 0 atom stereocenters. The first-order valence-electron chi connectivity index (χ1n) is 11.0. The highest BCUT2D eigenvalue weighted by molar-refractivity contribution is 5.84. The number of aryl methyl sites for hydroxylation is 1. The van der Waals surface area contributed by atoms with Crippen molar-refractivity contribution < 1.29 is 17.6 Å². The van der Waals surface area contributed by atoms with E-state index < -0.39 is 11.7 Å². The van der Waals surface area contributed by atoms with E-state index in [4.69, 9.17) is 4.42 Å². The standard InChI is InChI=1S/C28H23F3NO2/c1-2-3-20-4-6-21(7-5-20)8-12-24-19-34-27-15-11-23(16-26(24)27)18-32(33)17-22-9-13-25(14-10-22)28(29,30)31/h4-7,9-11,13-16,19H,2-3,17-18H2,1H3/q-1. The number of furan rings is 1. The van der Waals surface area contributed by atoms with Gasteiger partial charge in [-0.1, -0.05) is 55.5 Å². The van der Waals surface area contributed by atoms with Gasteiger partial charge in [0.15, 0.2) is 0 Å². The zero-order chi connectivity index (χ0) is 24.1. The minimum absolute atomic E-state index is 0.0117. The van der Waals surface area contributed by atoms with Crippen LogP contribution in [0.15, 0.2) is 77.4 Å². The predicted molar refractivity (Wildman–Crippen MR) is 127 cm³/mol. The maximum absolute atomic E-state index is 12.7. The zero-order valence-electron chi connectivity index (χ0n) is 18.7. The van der Waals surface area contributed by atoms with Crippen molar-refractivity contribution in [2.24, 2.45) is 0 Å². The molecule has 34 heavy (non-hydrogen) atoms. The molecule has 0 spiro atoms. The van der Waals surface area contributed by atoms with Crippen LogP contribution < -0.4 is 0 Å². The Labute approximate surface area is 196 Å². The predicted octanol–water partition coefficient (Wildman–Crippen LogP) is 7.30. The van der Waals surface area contributed by atoms with Gasteiger partial charge < -0.3 is 14.7 Å². The maximum atomic E-state index is 12.7. The Bertz CT molecular complexity index is 1310. The highest BCUT2D eigenvalue weighted by atomic mass is 19.4. The molecular formula is C28H23F3NO2-. The van der Waals surface area contributed by atoms with Crippen LogP contribution in [0.2, 0.25) is 0 Å². The fourth-order valence-corrected chi connectivity index (χ4v) is 3.72. The molecule has 0 saturated heterocycles. The van der Waals surface area contributed by atoms with Crippen LogP contribution >= 0.6 is 0 Å². The molecule has 0 amide bonds. The number of hydrogen-bond donors (Lipinski definition) is 0. The van der Waals surface area contributed by atoms with Crippen molar-refractivity contribution in [3.05, 3.63) is 112 Å². The average molecular weight is 462 g/mol. The van der Waals surface area contributed by atoms with E-state index in [1.807, 2.05) is 18.2 Å². The topological polar surface area (TPSA) is 39.4 Å². The summed E-state index contributed by atoms with van der Waals surface area (Å²) in [6.07, 6.45) is -0.656. The molecule has 0 radical (unpaired) electrons. The summed E-state index contributed by atoms with van der Waals surface area (Å²) in [4.78, 5) is 0. The minimum atomic E-state index is -4.39. The normalized spacial score (nSPS) is 11.6. The van der Waals surface area contributed by atoms with E-state index in [1.165, 1.54) is 17.7 Å². The first-order chi connectivity index (χ1) is 16.3. The zero-order valence-corrected chi connectivity index (χ0v) is 18.7. The van der Waals surface area contributed by atoms with Crippen molar-refractivity contribution in [2.45, 2.75) is 39.0 Å². The fraction of sp³-hybridized carbons (Fsp3) is 0.214. The second-order valence-corrected chi connectivity index (χ2v) is 8.17. The Kier molecular flexibility index (Phi) is 7.06. The van der Waals surface area contributed by atoms with Gasteiger partial charge in [-0.25, -0.2) is 0 Å². The van der Waals surface area contributed by atoms with Gasteiger partial charge in [-0.05, 0) is 59.5 Å². The van der Waals surface area contributed by atoms with Crippen molar-refractivity contribution >= 4 is 11.0 Å². The average Bonchev–Trinajstić information content (AvgIpc) is 3.21. The second-order valence-electron chi connectivity index (χ2n) is 8.17. The molecule has 0 aliphatic heterocycles. The van der Waals surface area contributed by atoms with Crippen LogP contribution in [0.25, 0.3) is 11.0 Å². The molecular weight excluding hydrogens is 439 g/mol. The fourth-order valence-electron chi connectivity index (χ4n) is 3.72. The van der Waals surface area contributed by atoms with Gasteiger partial charge in [0.25, 0.3) is 0 Å². The van der Waals surface area contributed by atoms with E-state index in [2.05, 4.69) is 30.9 Å². The van der Waals surface area contributed by atoms with Gasteiger partial charge >= 0.3 is 6.18 Å². The van der Waals surface area contributed by atoms with E-state index >= 15 is 0 Å². The molecule has 1 aromatic heterocycles. The number of fused-ring (bicyclic) bond motifs is 1. The molecule has 0 saturated carbocycles. The van der Waals surface area contributed by atoms with Crippen molar-refractivity contribution in [2.75, 3.05) is 0 Å². The number of alkyl halides is 3. The lowest BCUT2D eigenvalue weighted by molar-refractivity contribution is -0.137. The molecule has 1 heterocycles. The molecule has 6 heteroatoms. The van der Waals surface area contributed by atoms with Crippen LogP contribution in [0.4, 0.5) is 13.2 Å². The van der Waals surface area contributed by atoms with Crippen LogP contribution in [0, 0.1) is 17.0 Å². The first kappa shape index (κ1) is 23.6.